The van der Waals surface area contributed by atoms with Crippen molar-refractivity contribution in [1.82, 2.24) is 5.32 Å². The van der Waals surface area contributed by atoms with Crippen molar-refractivity contribution >= 4 is 23.2 Å². The first-order valence-corrected chi connectivity index (χ1v) is 6.78. The van der Waals surface area contributed by atoms with Crippen LogP contribution in [0.25, 0.3) is 0 Å². The smallest absolute Gasteiger partial charge is 0.251 e. The van der Waals surface area contributed by atoms with Crippen molar-refractivity contribution in [1.29, 1.82) is 0 Å². The van der Waals surface area contributed by atoms with Crippen LogP contribution >= 0.6 is 0 Å². The molecule has 2 amide bonds. The Morgan fingerprint density at radius 2 is 2.20 bits per heavy atom. The van der Waals surface area contributed by atoms with Gasteiger partial charge in [-0.15, -0.1) is 0 Å². The molecular weight excluding hydrogens is 256 g/mol. The van der Waals surface area contributed by atoms with Crippen LogP contribution in [0.4, 0.5) is 11.4 Å². The molecule has 6 heteroatoms. The molecule has 6 nitrogen and oxygen atoms in total. The summed E-state index contributed by atoms with van der Waals surface area (Å²) in [6, 6.07) is 4.82. The second kappa shape index (κ2) is 5.81. The zero-order valence-electron chi connectivity index (χ0n) is 11.6. The van der Waals surface area contributed by atoms with Gasteiger partial charge < -0.3 is 21.7 Å². The number of benzene rings is 1. The zero-order valence-corrected chi connectivity index (χ0v) is 11.6. The second-order valence-corrected chi connectivity index (χ2v) is 4.89. The third-order valence-corrected chi connectivity index (χ3v) is 3.52. The van der Waals surface area contributed by atoms with Crippen LogP contribution in [0.15, 0.2) is 18.2 Å². The molecule has 1 heterocycles. The van der Waals surface area contributed by atoms with Gasteiger partial charge in [0.15, 0.2) is 0 Å². The molecule has 1 aromatic carbocycles. The fraction of sp³-hybridized carbons (Fsp3) is 0.429. The van der Waals surface area contributed by atoms with Gasteiger partial charge in [-0.1, -0.05) is 0 Å². The second-order valence-electron chi connectivity index (χ2n) is 4.89. The quantitative estimate of drug-likeness (QED) is 0.696. The summed E-state index contributed by atoms with van der Waals surface area (Å²) in [4.78, 5) is 25.1. The van der Waals surface area contributed by atoms with Gasteiger partial charge in [-0.3, -0.25) is 9.59 Å². The maximum Gasteiger partial charge on any atom is 0.251 e. The molecule has 1 fully saturated rings. The van der Waals surface area contributed by atoms with Crippen molar-refractivity contribution in [3.05, 3.63) is 23.8 Å². The van der Waals surface area contributed by atoms with Gasteiger partial charge in [0, 0.05) is 18.7 Å². The van der Waals surface area contributed by atoms with Gasteiger partial charge >= 0.3 is 0 Å². The summed E-state index contributed by atoms with van der Waals surface area (Å²) in [6.07, 6.45) is 1.65. The number of carbonyl (C=O) groups excluding carboxylic acids is 2. The van der Waals surface area contributed by atoms with Crippen LogP contribution in [0.3, 0.4) is 0 Å². The zero-order chi connectivity index (χ0) is 14.7. The first kappa shape index (κ1) is 14.2. The van der Waals surface area contributed by atoms with E-state index in [9.17, 15) is 9.59 Å². The molecule has 0 aliphatic carbocycles. The molecule has 1 aliphatic rings. The molecule has 5 N–H and O–H groups in total. The van der Waals surface area contributed by atoms with Crippen molar-refractivity contribution in [2.24, 2.45) is 5.73 Å². The van der Waals surface area contributed by atoms with E-state index in [1.807, 2.05) is 11.8 Å². The van der Waals surface area contributed by atoms with E-state index in [2.05, 4.69) is 5.32 Å². The van der Waals surface area contributed by atoms with Crippen molar-refractivity contribution in [3.63, 3.8) is 0 Å². The first-order valence-electron chi connectivity index (χ1n) is 6.78. The number of anilines is 2. The Hall–Kier alpha value is -2.24. The lowest BCUT2D eigenvalue weighted by molar-refractivity contribution is -0.119. The van der Waals surface area contributed by atoms with Crippen LogP contribution in [0, 0.1) is 0 Å². The number of hydrogen-bond acceptors (Lipinski definition) is 4. The van der Waals surface area contributed by atoms with Crippen LogP contribution in [0.5, 0.6) is 0 Å². The molecule has 1 saturated heterocycles. The number of hydrogen-bond donors (Lipinski definition) is 3. The standard InChI is InChI=1S/C14H20N4O2/c1-2-17-14(20)9-5-6-11(10(15)8-9)18-7-3-4-12(18)13(16)19/h5-6,8,12H,2-4,7,15H2,1H3,(H2,16,19)(H,17,20). The number of rotatable bonds is 4. The molecule has 0 spiro atoms. The maximum absolute atomic E-state index is 11.7. The first-order chi connectivity index (χ1) is 9.54. The third kappa shape index (κ3) is 2.68. The normalized spacial score (nSPS) is 18.1. The Morgan fingerprint density at radius 1 is 1.45 bits per heavy atom. The van der Waals surface area contributed by atoms with E-state index >= 15 is 0 Å². The lowest BCUT2D eigenvalue weighted by Gasteiger charge is -2.26. The molecule has 2 rings (SSSR count). The van der Waals surface area contributed by atoms with E-state index in [0.717, 1.165) is 25.1 Å². The highest BCUT2D eigenvalue weighted by Crippen LogP contribution is 2.31. The molecule has 108 valence electrons. The minimum atomic E-state index is -0.338. The minimum absolute atomic E-state index is 0.154. The van der Waals surface area contributed by atoms with Gasteiger partial charge in [0.1, 0.15) is 6.04 Å². The van der Waals surface area contributed by atoms with Gasteiger partial charge in [0.2, 0.25) is 5.91 Å². The predicted molar refractivity (Wildman–Crippen MR) is 78.4 cm³/mol. The van der Waals surface area contributed by atoms with Gasteiger partial charge in [-0.2, -0.15) is 0 Å². The summed E-state index contributed by atoms with van der Waals surface area (Å²) in [5, 5.41) is 2.72. The van der Waals surface area contributed by atoms with Crippen LogP contribution in [-0.4, -0.2) is 30.9 Å². The number of amides is 2. The Morgan fingerprint density at radius 3 is 2.80 bits per heavy atom. The lowest BCUT2D eigenvalue weighted by atomic mass is 10.1. The highest BCUT2D eigenvalue weighted by atomic mass is 16.2. The highest BCUT2D eigenvalue weighted by molar-refractivity contribution is 5.96. The maximum atomic E-state index is 11.7. The summed E-state index contributed by atoms with van der Waals surface area (Å²) in [5.41, 5.74) is 13.2. The SMILES string of the molecule is CCNC(=O)c1ccc(N2CCCC2C(N)=O)c(N)c1. The van der Waals surface area contributed by atoms with E-state index in [1.165, 1.54) is 0 Å². The van der Waals surface area contributed by atoms with Gasteiger partial charge in [0.05, 0.1) is 11.4 Å². The summed E-state index contributed by atoms with van der Waals surface area (Å²) in [6.45, 7) is 3.17. The third-order valence-electron chi connectivity index (χ3n) is 3.52. The molecule has 0 saturated carbocycles. The lowest BCUT2D eigenvalue weighted by Crippen LogP contribution is -2.40. The molecule has 1 aromatic rings. The number of nitrogens with two attached hydrogens (primary N) is 2. The minimum Gasteiger partial charge on any atom is -0.397 e. The molecule has 1 unspecified atom stereocenters. The van der Waals surface area contributed by atoms with Crippen molar-refractivity contribution in [2.45, 2.75) is 25.8 Å². The number of carbonyl (C=O) groups is 2. The van der Waals surface area contributed by atoms with E-state index in [-0.39, 0.29) is 17.9 Å². The topological polar surface area (TPSA) is 101 Å². The van der Waals surface area contributed by atoms with Gasteiger partial charge in [-0.25, -0.2) is 0 Å². The summed E-state index contributed by atoms with van der Waals surface area (Å²) in [7, 11) is 0. The van der Waals surface area contributed by atoms with Crippen LogP contribution in [0.2, 0.25) is 0 Å². The van der Waals surface area contributed by atoms with Crippen LogP contribution in [0.1, 0.15) is 30.1 Å². The Labute approximate surface area is 118 Å². The molecule has 1 aliphatic heterocycles. The number of nitrogens with zero attached hydrogens (tertiary/aromatic N) is 1. The Bertz CT molecular complexity index is 530. The van der Waals surface area contributed by atoms with Crippen LogP contribution < -0.4 is 21.7 Å². The summed E-state index contributed by atoms with van der Waals surface area (Å²) < 4.78 is 0. The Balaban J connectivity index is 2.25. The van der Waals surface area contributed by atoms with E-state index in [4.69, 9.17) is 11.5 Å². The summed E-state index contributed by atoms with van der Waals surface area (Å²) >= 11 is 0. The van der Waals surface area contributed by atoms with Crippen molar-refractivity contribution < 1.29 is 9.59 Å². The molecule has 0 bridgehead atoms. The fourth-order valence-corrected chi connectivity index (χ4v) is 2.57. The molecular formula is C14H20N4O2. The summed E-state index contributed by atoms with van der Waals surface area (Å²) in [5.74, 6) is -0.492. The van der Waals surface area contributed by atoms with Crippen molar-refractivity contribution in [3.8, 4) is 0 Å². The van der Waals surface area contributed by atoms with E-state index < -0.39 is 0 Å². The van der Waals surface area contributed by atoms with Crippen LogP contribution in [-0.2, 0) is 4.79 Å². The number of nitrogen functional groups attached to an aromatic ring is 1. The fourth-order valence-electron chi connectivity index (χ4n) is 2.57. The van der Waals surface area contributed by atoms with E-state index in [0.29, 0.717) is 17.8 Å². The molecule has 1 atom stereocenters. The highest BCUT2D eigenvalue weighted by Gasteiger charge is 2.30. The predicted octanol–water partition coefficient (Wildman–Crippen LogP) is 0.473. The molecule has 0 radical (unpaired) electrons. The molecule has 20 heavy (non-hydrogen) atoms. The average molecular weight is 276 g/mol. The Kier molecular flexibility index (Phi) is 4.12. The van der Waals surface area contributed by atoms with E-state index in [1.54, 1.807) is 18.2 Å². The molecule has 0 aromatic heterocycles. The number of primary amides is 1. The van der Waals surface area contributed by atoms with Gasteiger partial charge in [0.25, 0.3) is 5.91 Å². The monoisotopic (exact) mass is 276 g/mol. The number of nitrogens with one attached hydrogen (secondary N) is 1. The van der Waals surface area contributed by atoms with Crippen molar-refractivity contribution in [2.75, 3.05) is 23.7 Å². The average Bonchev–Trinajstić information content (AvgIpc) is 2.88. The van der Waals surface area contributed by atoms with Gasteiger partial charge in [-0.05, 0) is 38.0 Å². The largest absolute Gasteiger partial charge is 0.397 e.